The number of aliphatic hydroxyl groups is 1. The fourth-order valence-electron chi connectivity index (χ4n) is 6.31. The molecule has 198 valence electrons. The summed E-state index contributed by atoms with van der Waals surface area (Å²) in [7, 11) is 3.19. The Morgan fingerprint density at radius 2 is 1.50 bits per heavy atom. The molecule has 2 heterocycles. The summed E-state index contributed by atoms with van der Waals surface area (Å²) in [4.78, 5) is 22.0. The van der Waals surface area contributed by atoms with E-state index in [0.29, 0.717) is 39.8 Å². The average molecular weight is 531 g/mol. The number of methoxy groups -OCH3 is 2. The van der Waals surface area contributed by atoms with E-state index in [1.54, 1.807) is 32.4 Å². The van der Waals surface area contributed by atoms with Crippen molar-refractivity contribution in [2.24, 2.45) is 0 Å². The van der Waals surface area contributed by atoms with Gasteiger partial charge in [-0.2, -0.15) is 0 Å². The van der Waals surface area contributed by atoms with Crippen molar-refractivity contribution in [2.75, 3.05) is 14.2 Å². The van der Waals surface area contributed by atoms with Crippen LogP contribution in [0.4, 0.5) is 0 Å². The fraction of sp³-hybridized carbons (Fsp3) is 0.152. The number of hydrogen-bond donors (Lipinski definition) is 2. The molecule has 7 rings (SSSR count). The molecule has 0 fully saturated rings. The highest BCUT2D eigenvalue weighted by atomic mass is 16.5. The maximum absolute atomic E-state index is 14.0. The van der Waals surface area contributed by atoms with Crippen LogP contribution in [-0.2, 0) is 11.2 Å². The Bertz CT molecular complexity index is 1790. The molecule has 2 N–H and O–H groups in total. The molecule has 4 aromatic carbocycles. The van der Waals surface area contributed by atoms with Crippen LogP contribution in [0.1, 0.15) is 33.9 Å². The largest absolute Gasteiger partial charge is 0.497 e. The highest BCUT2D eigenvalue weighted by Gasteiger charge is 2.72. The van der Waals surface area contributed by atoms with E-state index in [4.69, 9.17) is 19.2 Å². The molecule has 1 aliphatic carbocycles. The zero-order chi connectivity index (χ0) is 27.5. The molecule has 0 saturated carbocycles. The van der Waals surface area contributed by atoms with E-state index in [0.717, 1.165) is 11.1 Å². The Balaban J connectivity index is 1.61. The van der Waals surface area contributed by atoms with Gasteiger partial charge in [-0.3, -0.25) is 4.79 Å². The van der Waals surface area contributed by atoms with Gasteiger partial charge >= 0.3 is 0 Å². The van der Waals surface area contributed by atoms with Gasteiger partial charge < -0.3 is 24.3 Å². The molecule has 0 spiro atoms. The molecule has 7 heteroatoms. The van der Waals surface area contributed by atoms with Gasteiger partial charge in [-0.25, -0.2) is 4.98 Å². The van der Waals surface area contributed by atoms with Crippen molar-refractivity contribution in [2.45, 2.75) is 17.1 Å². The predicted octanol–water partition coefficient (Wildman–Crippen LogP) is 5.12. The zero-order valence-electron chi connectivity index (χ0n) is 21.9. The van der Waals surface area contributed by atoms with E-state index >= 15 is 0 Å². The van der Waals surface area contributed by atoms with E-state index in [-0.39, 0.29) is 11.3 Å². The first kappa shape index (κ1) is 24.2. The van der Waals surface area contributed by atoms with Crippen molar-refractivity contribution in [3.8, 4) is 28.6 Å². The molecular formula is C33H26N2O5. The number of hydrogen-bond acceptors (Lipinski definition) is 6. The molecule has 3 atom stereocenters. The van der Waals surface area contributed by atoms with Crippen LogP contribution in [0.3, 0.4) is 0 Å². The Labute approximate surface area is 230 Å². The van der Waals surface area contributed by atoms with Crippen LogP contribution < -0.4 is 19.8 Å². The molecule has 0 saturated heterocycles. The number of benzene rings is 4. The normalized spacial score (nSPS) is 22.1. The smallest absolute Gasteiger partial charge is 0.255 e. The monoisotopic (exact) mass is 530 g/mol. The van der Waals surface area contributed by atoms with Crippen LogP contribution in [0.25, 0.3) is 11.4 Å². The molecule has 7 nitrogen and oxygen atoms in total. The maximum Gasteiger partial charge on any atom is 0.255 e. The van der Waals surface area contributed by atoms with E-state index in [9.17, 15) is 9.90 Å². The predicted molar refractivity (Wildman–Crippen MR) is 150 cm³/mol. The van der Waals surface area contributed by atoms with Crippen LogP contribution in [0.15, 0.2) is 108 Å². The van der Waals surface area contributed by atoms with Gasteiger partial charge in [-0.05, 0) is 29.8 Å². The van der Waals surface area contributed by atoms with Gasteiger partial charge in [0, 0.05) is 22.8 Å². The number of H-pyrrole nitrogens is 1. The number of aromatic amines is 1. The second kappa shape index (κ2) is 8.83. The number of ether oxygens (including phenoxy) is 3. The summed E-state index contributed by atoms with van der Waals surface area (Å²) >= 11 is 0. The number of fused-ring (bicyclic) bond motifs is 5. The van der Waals surface area contributed by atoms with Crippen molar-refractivity contribution in [3.63, 3.8) is 0 Å². The number of rotatable bonds is 5. The standard InChI is InChI=1S/C33H26N2O5/c1-38-23-15-13-22(14-16-23)33-28(20-9-5-3-6-10-20)27-29(34-30(35-31(27)36)21-11-7-4-8-12-21)32(33,37)25-18-17-24(39-2)19-26(25)40-33/h3-19,28,37H,1-2H3,(H,34,35,36). The molecule has 40 heavy (non-hydrogen) atoms. The Hall–Kier alpha value is -4.88. The Morgan fingerprint density at radius 1 is 0.850 bits per heavy atom. The summed E-state index contributed by atoms with van der Waals surface area (Å²) in [5.41, 5.74) is -0.210. The first-order valence-corrected chi connectivity index (χ1v) is 13.0. The van der Waals surface area contributed by atoms with Crippen molar-refractivity contribution in [1.29, 1.82) is 0 Å². The van der Waals surface area contributed by atoms with Crippen molar-refractivity contribution in [3.05, 3.63) is 141 Å². The maximum atomic E-state index is 14.0. The fourth-order valence-corrected chi connectivity index (χ4v) is 6.31. The summed E-state index contributed by atoms with van der Waals surface area (Å²) in [6.07, 6.45) is 0. The SMILES string of the molecule is COc1ccc(C23Oc4cc(OC)ccc4C2(O)c2nc(-c4ccccc4)[nH]c(=O)c2C3c2ccccc2)cc1. The van der Waals surface area contributed by atoms with E-state index < -0.39 is 17.1 Å². The third kappa shape index (κ3) is 3.15. The topological polar surface area (TPSA) is 93.7 Å². The lowest BCUT2D eigenvalue weighted by Crippen LogP contribution is -2.49. The molecular weight excluding hydrogens is 504 g/mol. The van der Waals surface area contributed by atoms with Crippen molar-refractivity contribution in [1.82, 2.24) is 9.97 Å². The molecule has 1 aromatic heterocycles. The average Bonchev–Trinajstić information content (AvgIpc) is 3.40. The quantitative estimate of drug-likeness (QED) is 0.328. The number of aromatic nitrogens is 2. The van der Waals surface area contributed by atoms with E-state index in [1.165, 1.54) is 0 Å². The van der Waals surface area contributed by atoms with Crippen LogP contribution in [0.2, 0.25) is 0 Å². The van der Waals surface area contributed by atoms with Gasteiger partial charge in [0.05, 0.1) is 31.4 Å². The van der Waals surface area contributed by atoms with Gasteiger partial charge in [-0.15, -0.1) is 0 Å². The first-order chi connectivity index (χ1) is 19.5. The molecule has 3 unspecified atom stereocenters. The molecule has 0 radical (unpaired) electrons. The van der Waals surface area contributed by atoms with Gasteiger partial charge in [-0.1, -0.05) is 72.8 Å². The summed E-state index contributed by atoms with van der Waals surface area (Å²) in [5, 5.41) is 13.1. The third-order valence-corrected chi connectivity index (χ3v) is 8.08. The van der Waals surface area contributed by atoms with Crippen molar-refractivity contribution < 1.29 is 19.3 Å². The van der Waals surface area contributed by atoms with Crippen LogP contribution in [-0.4, -0.2) is 29.3 Å². The summed E-state index contributed by atoms with van der Waals surface area (Å²) in [5.74, 6) is 1.40. The lowest BCUT2D eigenvalue weighted by Gasteiger charge is -2.40. The molecule has 1 aliphatic heterocycles. The van der Waals surface area contributed by atoms with Crippen LogP contribution in [0.5, 0.6) is 17.2 Å². The van der Waals surface area contributed by atoms with Crippen molar-refractivity contribution >= 4 is 0 Å². The lowest BCUT2D eigenvalue weighted by atomic mass is 9.70. The second-order valence-electron chi connectivity index (χ2n) is 10.0. The molecule has 2 aliphatic rings. The van der Waals surface area contributed by atoms with Crippen LogP contribution >= 0.6 is 0 Å². The first-order valence-electron chi connectivity index (χ1n) is 13.0. The minimum absolute atomic E-state index is 0.267. The minimum atomic E-state index is -1.81. The highest BCUT2D eigenvalue weighted by molar-refractivity contribution is 5.66. The van der Waals surface area contributed by atoms with Gasteiger partial charge in [0.25, 0.3) is 5.56 Å². The number of nitrogens with zero attached hydrogens (tertiary/aromatic N) is 1. The summed E-state index contributed by atoms with van der Waals surface area (Å²) in [6.45, 7) is 0. The molecule has 0 bridgehead atoms. The van der Waals surface area contributed by atoms with Crippen LogP contribution in [0, 0.1) is 0 Å². The second-order valence-corrected chi connectivity index (χ2v) is 10.0. The summed E-state index contributed by atoms with van der Waals surface area (Å²) in [6, 6.07) is 31.8. The minimum Gasteiger partial charge on any atom is -0.497 e. The zero-order valence-corrected chi connectivity index (χ0v) is 21.9. The number of nitrogens with one attached hydrogen (secondary N) is 1. The molecule has 5 aromatic rings. The van der Waals surface area contributed by atoms with Gasteiger partial charge in [0.2, 0.25) is 0 Å². The lowest BCUT2D eigenvalue weighted by molar-refractivity contribution is -0.0904. The van der Waals surface area contributed by atoms with Gasteiger partial charge in [0.15, 0.2) is 11.2 Å². The molecule has 0 amide bonds. The summed E-state index contributed by atoms with van der Waals surface area (Å²) < 4.78 is 17.8. The van der Waals surface area contributed by atoms with E-state index in [1.807, 2.05) is 84.9 Å². The Morgan fingerprint density at radius 3 is 2.17 bits per heavy atom. The Kier molecular flexibility index (Phi) is 5.34. The third-order valence-electron chi connectivity index (χ3n) is 8.08. The van der Waals surface area contributed by atoms with Gasteiger partial charge in [0.1, 0.15) is 23.1 Å². The van der Waals surface area contributed by atoms with E-state index in [2.05, 4.69) is 4.98 Å². The highest BCUT2D eigenvalue weighted by Crippen LogP contribution is 2.67.